The summed E-state index contributed by atoms with van der Waals surface area (Å²) >= 11 is 0. The van der Waals surface area contributed by atoms with E-state index in [9.17, 15) is 18.3 Å². The lowest BCUT2D eigenvalue weighted by Gasteiger charge is -2.11. The first-order valence-electron chi connectivity index (χ1n) is 8.13. The smallest absolute Gasteiger partial charge is 0.416 e. The van der Waals surface area contributed by atoms with E-state index in [0.717, 1.165) is 40.1 Å². The fourth-order valence-electron chi connectivity index (χ4n) is 2.69. The van der Waals surface area contributed by atoms with E-state index in [-0.39, 0.29) is 5.75 Å². The molecule has 3 aromatic carbocycles. The first-order chi connectivity index (χ1) is 12.3. The quantitative estimate of drug-likeness (QED) is 0.600. The van der Waals surface area contributed by atoms with Gasteiger partial charge in [0.15, 0.2) is 0 Å². The molecule has 2 nitrogen and oxygen atoms in total. The molecule has 0 atom stereocenters. The number of hydrogen-bond acceptors (Lipinski definition) is 2. The Bertz CT molecular complexity index is 902. The van der Waals surface area contributed by atoms with Gasteiger partial charge >= 0.3 is 6.18 Å². The van der Waals surface area contributed by atoms with Gasteiger partial charge in [0, 0.05) is 12.2 Å². The summed E-state index contributed by atoms with van der Waals surface area (Å²) in [5, 5.41) is 12.9. The molecule has 3 rings (SSSR count). The van der Waals surface area contributed by atoms with Crippen LogP contribution in [0.3, 0.4) is 0 Å². The number of benzene rings is 3. The number of halogens is 3. The van der Waals surface area contributed by atoms with E-state index in [2.05, 4.69) is 5.32 Å². The molecule has 0 aliphatic carbocycles. The second-order valence-electron chi connectivity index (χ2n) is 6.13. The highest BCUT2D eigenvalue weighted by molar-refractivity contribution is 5.68. The van der Waals surface area contributed by atoms with Crippen LogP contribution in [0.25, 0.3) is 11.1 Å². The van der Waals surface area contributed by atoms with Crippen molar-refractivity contribution in [2.24, 2.45) is 0 Å². The van der Waals surface area contributed by atoms with Crippen molar-refractivity contribution in [2.45, 2.75) is 19.6 Å². The van der Waals surface area contributed by atoms with Crippen LogP contribution in [0.4, 0.5) is 18.9 Å². The third-order valence-electron chi connectivity index (χ3n) is 4.17. The molecule has 0 spiro atoms. The molecule has 2 N–H and O–H groups in total. The first kappa shape index (κ1) is 17.9. The number of anilines is 1. The largest absolute Gasteiger partial charge is 0.508 e. The Kier molecular flexibility index (Phi) is 4.89. The highest BCUT2D eigenvalue weighted by Gasteiger charge is 2.29. The zero-order chi connectivity index (χ0) is 18.7. The van der Waals surface area contributed by atoms with Gasteiger partial charge in [0.1, 0.15) is 5.75 Å². The molecule has 0 aromatic heterocycles. The van der Waals surface area contributed by atoms with Crippen LogP contribution in [0.1, 0.15) is 16.7 Å². The number of rotatable bonds is 4. The van der Waals surface area contributed by atoms with Crippen molar-refractivity contribution < 1.29 is 18.3 Å². The van der Waals surface area contributed by atoms with Crippen LogP contribution in [-0.2, 0) is 12.7 Å². The molecule has 26 heavy (non-hydrogen) atoms. The van der Waals surface area contributed by atoms with Crippen LogP contribution in [0, 0.1) is 6.92 Å². The molecule has 0 amide bonds. The van der Waals surface area contributed by atoms with Gasteiger partial charge in [-0.3, -0.25) is 0 Å². The zero-order valence-corrected chi connectivity index (χ0v) is 14.1. The van der Waals surface area contributed by atoms with Gasteiger partial charge in [-0.05, 0) is 59.5 Å². The van der Waals surface area contributed by atoms with E-state index >= 15 is 0 Å². The van der Waals surface area contributed by atoms with Crippen molar-refractivity contribution in [3.05, 3.63) is 83.4 Å². The SMILES string of the molecule is Cc1cc(CNc2cccc(-c3ccc(C(F)(F)F)cc3)c2)ccc1O. The number of alkyl halides is 3. The molecule has 0 aliphatic rings. The summed E-state index contributed by atoms with van der Waals surface area (Å²) in [6.45, 7) is 2.42. The maximum absolute atomic E-state index is 12.7. The lowest BCUT2D eigenvalue weighted by atomic mass is 10.0. The van der Waals surface area contributed by atoms with Gasteiger partial charge in [-0.25, -0.2) is 0 Å². The molecular weight excluding hydrogens is 339 g/mol. The van der Waals surface area contributed by atoms with Crippen molar-refractivity contribution in [3.63, 3.8) is 0 Å². The Balaban J connectivity index is 1.74. The highest BCUT2D eigenvalue weighted by atomic mass is 19.4. The normalized spacial score (nSPS) is 11.4. The highest BCUT2D eigenvalue weighted by Crippen LogP contribution is 2.31. The minimum Gasteiger partial charge on any atom is -0.508 e. The summed E-state index contributed by atoms with van der Waals surface area (Å²) in [6.07, 6.45) is -4.33. The van der Waals surface area contributed by atoms with Crippen LogP contribution in [0.5, 0.6) is 5.75 Å². The van der Waals surface area contributed by atoms with Gasteiger partial charge in [0.25, 0.3) is 0 Å². The van der Waals surface area contributed by atoms with Crippen molar-refractivity contribution in [2.75, 3.05) is 5.32 Å². The molecule has 0 bridgehead atoms. The average Bonchev–Trinajstić information content (AvgIpc) is 2.62. The average molecular weight is 357 g/mol. The Morgan fingerprint density at radius 3 is 2.27 bits per heavy atom. The van der Waals surface area contributed by atoms with Gasteiger partial charge in [-0.15, -0.1) is 0 Å². The van der Waals surface area contributed by atoms with E-state index in [4.69, 9.17) is 0 Å². The number of phenols is 1. The molecule has 0 aliphatic heterocycles. The Morgan fingerprint density at radius 1 is 0.885 bits per heavy atom. The maximum atomic E-state index is 12.7. The molecule has 0 unspecified atom stereocenters. The number of nitrogens with one attached hydrogen (secondary N) is 1. The number of phenolic OH excluding ortho intramolecular Hbond substituents is 1. The lowest BCUT2D eigenvalue weighted by Crippen LogP contribution is -2.04. The summed E-state index contributed by atoms with van der Waals surface area (Å²) in [5.74, 6) is 0.262. The monoisotopic (exact) mass is 357 g/mol. The van der Waals surface area contributed by atoms with Crippen molar-refractivity contribution in [3.8, 4) is 16.9 Å². The van der Waals surface area contributed by atoms with Crippen molar-refractivity contribution >= 4 is 5.69 Å². The summed E-state index contributed by atoms with van der Waals surface area (Å²) < 4.78 is 38.0. The van der Waals surface area contributed by atoms with E-state index < -0.39 is 11.7 Å². The van der Waals surface area contributed by atoms with Gasteiger partial charge in [0.2, 0.25) is 0 Å². The standard InChI is InChI=1S/C21H18F3NO/c1-14-11-15(5-10-20(14)26)13-25-19-4-2-3-17(12-19)16-6-8-18(9-7-16)21(22,23)24/h2-12,25-26H,13H2,1H3. The van der Waals surface area contributed by atoms with Crippen molar-refractivity contribution in [1.82, 2.24) is 0 Å². The van der Waals surface area contributed by atoms with Gasteiger partial charge in [-0.2, -0.15) is 13.2 Å². The molecule has 5 heteroatoms. The number of hydrogen-bond donors (Lipinski definition) is 2. The van der Waals surface area contributed by atoms with Crippen LogP contribution in [0.15, 0.2) is 66.7 Å². The predicted octanol–water partition coefficient (Wildman–Crippen LogP) is 6.00. The minimum absolute atomic E-state index is 0.262. The lowest BCUT2D eigenvalue weighted by molar-refractivity contribution is -0.137. The molecule has 0 radical (unpaired) electrons. The molecule has 0 saturated heterocycles. The second-order valence-corrected chi connectivity index (χ2v) is 6.13. The maximum Gasteiger partial charge on any atom is 0.416 e. The fraction of sp³-hybridized carbons (Fsp3) is 0.143. The summed E-state index contributed by atoms with van der Waals surface area (Å²) in [6, 6.07) is 18.1. The predicted molar refractivity (Wildman–Crippen MR) is 97.1 cm³/mol. The molecule has 0 fully saturated rings. The summed E-state index contributed by atoms with van der Waals surface area (Å²) in [5.41, 5.74) is 3.61. The Labute approximate surface area is 149 Å². The van der Waals surface area contributed by atoms with Crippen molar-refractivity contribution in [1.29, 1.82) is 0 Å². The molecule has 0 heterocycles. The molecule has 134 valence electrons. The van der Waals surface area contributed by atoms with Gasteiger partial charge in [-0.1, -0.05) is 36.4 Å². The second kappa shape index (κ2) is 7.12. The zero-order valence-electron chi connectivity index (χ0n) is 14.1. The topological polar surface area (TPSA) is 32.3 Å². The first-order valence-corrected chi connectivity index (χ1v) is 8.13. The summed E-state index contributed by atoms with van der Waals surface area (Å²) in [4.78, 5) is 0. The Hall–Kier alpha value is -2.95. The number of aromatic hydroxyl groups is 1. The number of aryl methyl sites for hydroxylation is 1. The van der Waals surface area contributed by atoms with Gasteiger partial charge < -0.3 is 10.4 Å². The fourth-order valence-corrected chi connectivity index (χ4v) is 2.69. The summed E-state index contributed by atoms with van der Waals surface area (Å²) in [7, 11) is 0. The van der Waals surface area contributed by atoms with Crippen LogP contribution >= 0.6 is 0 Å². The van der Waals surface area contributed by atoms with E-state index in [0.29, 0.717) is 6.54 Å². The molecule has 3 aromatic rings. The van der Waals surface area contributed by atoms with E-state index in [1.54, 1.807) is 6.07 Å². The molecular formula is C21H18F3NO. The Morgan fingerprint density at radius 2 is 1.62 bits per heavy atom. The van der Waals surface area contributed by atoms with Gasteiger partial charge in [0.05, 0.1) is 5.56 Å². The van der Waals surface area contributed by atoms with Crippen LogP contribution < -0.4 is 5.32 Å². The third-order valence-corrected chi connectivity index (χ3v) is 4.17. The van der Waals surface area contributed by atoms with Crippen LogP contribution in [0.2, 0.25) is 0 Å². The van der Waals surface area contributed by atoms with E-state index in [1.807, 2.05) is 43.3 Å². The van der Waals surface area contributed by atoms with Crippen LogP contribution in [-0.4, -0.2) is 5.11 Å². The molecule has 0 saturated carbocycles. The third kappa shape index (κ3) is 4.17. The van der Waals surface area contributed by atoms with E-state index in [1.165, 1.54) is 12.1 Å². The minimum atomic E-state index is -4.33.